The molecule has 1 aromatic carbocycles. The van der Waals surface area contributed by atoms with Crippen LogP contribution in [0.4, 0.5) is 0 Å². The molecule has 1 saturated heterocycles. The van der Waals surface area contributed by atoms with E-state index in [1.54, 1.807) is 18.4 Å². The highest BCUT2D eigenvalue weighted by Gasteiger charge is 2.24. The molecule has 0 atom stereocenters. The van der Waals surface area contributed by atoms with Gasteiger partial charge in [-0.2, -0.15) is 5.10 Å². The van der Waals surface area contributed by atoms with Crippen LogP contribution < -0.4 is 10.1 Å². The van der Waals surface area contributed by atoms with E-state index in [9.17, 15) is 4.79 Å². The Bertz CT molecular complexity index is 1080. The smallest absolute Gasteiger partial charge is 0.226 e. The van der Waals surface area contributed by atoms with E-state index in [2.05, 4.69) is 26.1 Å². The van der Waals surface area contributed by atoms with Crippen molar-refractivity contribution < 1.29 is 14.3 Å². The first kappa shape index (κ1) is 23.4. The van der Waals surface area contributed by atoms with E-state index in [0.29, 0.717) is 12.5 Å². The zero-order valence-electron chi connectivity index (χ0n) is 19.8. The third-order valence-corrected chi connectivity index (χ3v) is 6.75. The summed E-state index contributed by atoms with van der Waals surface area (Å²) in [6.07, 6.45) is 4.17. The summed E-state index contributed by atoms with van der Waals surface area (Å²) in [4.78, 5) is 17.3. The van der Waals surface area contributed by atoms with Crippen LogP contribution in [0.2, 0.25) is 0 Å². The van der Waals surface area contributed by atoms with Crippen molar-refractivity contribution in [1.82, 2.24) is 20.1 Å². The maximum absolute atomic E-state index is 12.5. The second kappa shape index (κ2) is 10.1. The van der Waals surface area contributed by atoms with Gasteiger partial charge in [0.05, 0.1) is 42.2 Å². The Balaban J connectivity index is 1.53. The predicted octanol–water partition coefficient (Wildman–Crippen LogP) is 4.52. The van der Waals surface area contributed by atoms with E-state index in [1.165, 1.54) is 0 Å². The van der Waals surface area contributed by atoms with E-state index >= 15 is 0 Å². The highest BCUT2D eigenvalue weighted by Crippen LogP contribution is 2.37. The molecule has 3 aromatic rings. The summed E-state index contributed by atoms with van der Waals surface area (Å²) in [7, 11) is 1.66. The number of nitrogens with zero attached hydrogens (tertiary/aromatic N) is 3. The molecule has 1 N–H and O–H groups in total. The zero-order chi connectivity index (χ0) is 23.4. The standard InChI is InChI=1S/C25H32N4O3S/c1-25(2,3)29-23(18-5-7-20(31-4)8-6-18)21(15-27-29)24-28-19(16-33-24)13-22(30)26-14-17-9-11-32-12-10-17/h5-8,15-17H,9-14H2,1-4H3,(H,26,30). The summed E-state index contributed by atoms with van der Waals surface area (Å²) < 4.78 is 12.7. The Morgan fingerprint density at radius 2 is 1.97 bits per heavy atom. The fraction of sp³-hybridized carbons (Fsp3) is 0.480. The Morgan fingerprint density at radius 1 is 1.24 bits per heavy atom. The molecule has 0 spiro atoms. The van der Waals surface area contributed by atoms with Gasteiger partial charge in [0.15, 0.2) is 0 Å². The quantitative estimate of drug-likeness (QED) is 0.552. The summed E-state index contributed by atoms with van der Waals surface area (Å²) in [6.45, 7) is 8.68. The number of aromatic nitrogens is 3. The summed E-state index contributed by atoms with van der Waals surface area (Å²) in [6, 6.07) is 7.99. The number of carbonyl (C=O) groups is 1. The summed E-state index contributed by atoms with van der Waals surface area (Å²) in [5, 5.41) is 10.6. The van der Waals surface area contributed by atoms with Crippen molar-refractivity contribution in [2.45, 2.75) is 45.6 Å². The molecular formula is C25H32N4O3S. The summed E-state index contributed by atoms with van der Waals surface area (Å²) in [5.74, 6) is 1.33. The van der Waals surface area contributed by atoms with Gasteiger partial charge in [0.2, 0.25) is 5.91 Å². The molecule has 0 saturated carbocycles. The maximum atomic E-state index is 12.5. The van der Waals surface area contributed by atoms with Crippen molar-refractivity contribution in [2.24, 2.45) is 5.92 Å². The lowest BCUT2D eigenvalue weighted by molar-refractivity contribution is -0.120. The van der Waals surface area contributed by atoms with Gasteiger partial charge in [0.25, 0.3) is 0 Å². The highest BCUT2D eigenvalue weighted by molar-refractivity contribution is 7.13. The molecule has 0 radical (unpaired) electrons. The summed E-state index contributed by atoms with van der Waals surface area (Å²) >= 11 is 1.55. The Kier molecular flexibility index (Phi) is 7.14. The number of methoxy groups -OCH3 is 1. The molecule has 1 amide bonds. The van der Waals surface area contributed by atoms with Crippen LogP contribution in [-0.4, -0.2) is 47.5 Å². The van der Waals surface area contributed by atoms with Crippen molar-refractivity contribution in [3.05, 3.63) is 41.5 Å². The minimum absolute atomic E-state index is 0.0131. The van der Waals surface area contributed by atoms with E-state index in [4.69, 9.17) is 19.6 Å². The van der Waals surface area contributed by atoms with Gasteiger partial charge in [-0.15, -0.1) is 11.3 Å². The first-order valence-electron chi connectivity index (χ1n) is 11.4. The molecule has 3 heterocycles. The Hall–Kier alpha value is -2.71. The molecule has 7 nitrogen and oxygen atoms in total. The van der Waals surface area contributed by atoms with Crippen molar-refractivity contribution >= 4 is 17.2 Å². The molecule has 1 aliphatic rings. The van der Waals surface area contributed by atoms with E-state index in [-0.39, 0.29) is 17.9 Å². The van der Waals surface area contributed by atoms with Gasteiger partial charge < -0.3 is 14.8 Å². The average molecular weight is 469 g/mol. The van der Waals surface area contributed by atoms with Crippen LogP contribution in [0, 0.1) is 5.92 Å². The lowest BCUT2D eigenvalue weighted by Crippen LogP contribution is -2.33. The molecule has 0 bridgehead atoms. The molecule has 2 aromatic heterocycles. The van der Waals surface area contributed by atoms with Crippen molar-refractivity contribution in [2.75, 3.05) is 26.9 Å². The van der Waals surface area contributed by atoms with Crippen molar-refractivity contribution in [3.63, 3.8) is 0 Å². The van der Waals surface area contributed by atoms with Gasteiger partial charge >= 0.3 is 0 Å². The number of thiazole rings is 1. The minimum Gasteiger partial charge on any atom is -0.497 e. The van der Waals surface area contributed by atoms with Crippen LogP contribution in [-0.2, 0) is 21.5 Å². The van der Waals surface area contributed by atoms with Crippen LogP contribution in [0.5, 0.6) is 5.75 Å². The molecule has 176 valence electrons. The topological polar surface area (TPSA) is 78.3 Å². The fourth-order valence-corrected chi connectivity index (χ4v) is 4.82. The van der Waals surface area contributed by atoms with E-state index < -0.39 is 0 Å². The lowest BCUT2D eigenvalue weighted by Gasteiger charge is -2.23. The SMILES string of the molecule is COc1ccc(-c2c(-c3nc(CC(=O)NCC4CCOCC4)cs3)cnn2C(C)(C)C)cc1. The van der Waals surface area contributed by atoms with Gasteiger partial charge in [-0.3, -0.25) is 9.48 Å². The second-order valence-electron chi connectivity index (χ2n) is 9.40. The van der Waals surface area contributed by atoms with Crippen LogP contribution in [0.1, 0.15) is 39.3 Å². The van der Waals surface area contributed by atoms with Crippen LogP contribution >= 0.6 is 11.3 Å². The molecule has 1 fully saturated rings. The molecular weight excluding hydrogens is 436 g/mol. The first-order chi connectivity index (χ1) is 15.8. The van der Waals surface area contributed by atoms with Crippen LogP contribution in [0.25, 0.3) is 21.8 Å². The third-order valence-electron chi connectivity index (χ3n) is 5.82. The monoisotopic (exact) mass is 468 g/mol. The number of ether oxygens (including phenoxy) is 2. The fourth-order valence-electron chi connectivity index (χ4n) is 3.99. The van der Waals surface area contributed by atoms with Gasteiger partial charge in [-0.1, -0.05) is 0 Å². The molecule has 0 unspecified atom stereocenters. The largest absolute Gasteiger partial charge is 0.497 e. The Labute approximate surface area is 199 Å². The minimum atomic E-state index is -0.197. The predicted molar refractivity (Wildman–Crippen MR) is 131 cm³/mol. The van der Waals surface area contributed by atoms with Gasteiger partial charge in [-0.25, -0.2) is 4.98 Å². The highest BCUT2D eigenvalue weighted by atomic mass is 32.1. The normalized spacial score (nSPS) is 14.9. The van der Waals surface area contributed by atoms with Crippen LogP contribution in [0.3, 0.4) is 0 Å². The lowest BCUT2D eigenvalue weighted by atomic mass is 10.0. The molecule has 8 heteroatoms. The van der Waals surface area contributed by atoms with E-state index in [0.717, 1.165) is 59.3 Å². The van der Waals surface area contributed by atoms with Crippen molar-refractivity contribution in [3.8, 4) is 27.6 Å². The number of benzene rings is 1. The molecule has 33 heavy (non-hydrogen) atoms. The molecule has 4 rings (SSSR count). The number of amides is 1. The maximum Gasteiger partial charge on any atom is 0.226 e. The number of hydrogen-bond acceptors (Lipinski definition) is 6. The number of nitrogens with one attached hydrogen (secondary N) is 1. The second-order valence-corrected chi connectivity index (χ2v) is 10.3. The van der Waals surface area contributed by atoms with Gasteiger partial charge in [0, 0.05) is 30.7 Å². The third kappa shape index (κ3) is 5.62. The summed E-state index contributed by atoms with van der Waals surface area (Å²) in [5.41, 5.74) is 3.61. The number of rotatable bonds is 7. The Morgan fingerprint density at radius 3 is 2.64 bits per heavy atom. The average Bonchev–Trinajstić information content (AvgIpc) is 3.45. The molecule has 0 aliphatic carbocycles. The first-order valence-corrected chi connectivity index (χ1v) is 12.3. The van der Waals surface area contributed by atoms with Crippen LogP contribution in [0.15, 0.2) is 35.8 Å². The zero-order valence-corrected chi connectivity index (χ0v) is 20.6. The number of hydrogen-bond donors (Lipinski definition) is 1. The van der Waals surface area contributed by atoms with Crippen molar-refractivity contribution in [1.29, 1.82) is 0 Å². The van der Waals surface area contributed by atoms with Gasteiger partial charge in [0.1, 0.15) is 10.8 Å². The number of carbonyl (C=O) groups excluding carboxylic acids is 1. The van der Waals surface area contributed by atoms with Gasteiger partial charge in [-0.05, 0) is 63.8 Å². The van der Waals surface area contributed by atoms with E-state index in [1.807, 2.05) is 40.5 Å². The molecule has 1 aliphatic heterocycles.